The lowest BCUT2D eigenvalue weighted by Gasteiger charge is -2.33. The van der Waals surface area contributed by atoms with Gasteiger partial charge in [0.2, 0.25) is 0 Å². The number of β-amino-alcohol motifs (C(OH)–C–C–N with tert-alkyl or cyclic N) is 1. The van der Waals surface area contributed by atoms with E-state index in [2.05, 4.69) is 0 Å². The molecule has 0 aliphatic carbocycles. The van der Waals surface area contributed by atoms with Crippen LogP contribution in [0.3, 0.4) is 0 Å². The third-order valence-corrected chi connectivity index (χ3v) is 4.24. The van der Waals surface area contributed by atoms with Gasteiger partial charge in [0.05, 0.1) is 6.10 Å². The third-order valence-electron chi connectivity index (χ3n) is 2.29. The predicted molar refractivity (Wildman–Crippen MR) is 52.8 cm³/mol. The number of aliphatic hydroxyl groups is 1. The zero-order valence-corrected chi connectivity index (χ0v) is 9.07. The van der Waals surface area contributed by atoms with Gasteiger partial charge in [0, 0.05) is 33.2 Å². The fourth-order valence-corrected chi connectivity index (χ4v) is 2.87. The maximum Gasteiger partial charge on any atom is 0.281 e. The summed E-state index contributed by atoms with van der Waals surface area (Å²) in [6.07, 6.45) is 0.00352. The Kier molecular flexibility index (Phi) is 3.85. The van der Waals surface area contributed by atoms with E-state index in [1.54, 1.807) is 0 Å². The van der Waals surface area contributed by atoms with Crippen LogP contribution >= 0.6 is 0 Å². The molecule has 1 atom stereocenters. The van der Waals surface area contributed by atoms with Crippen LogP contribution in [0.15, 0.2) is 0 Å². The van der Waals surface area contributed by atoms with Crippen molar-refractivity contribution in [1.29, 1.82) is 0 Å². The third kappa shape index (κ3) is 2.43. The first-order valence-corrected chi connectivity index (χ1v) is 5.97. The highest BCUT2D eigenvalue weighted by Gasteiger charge is 2.31. The topological polar surface area (TPSA) is 86.9 Å². The molecule has 84 valence electrons. The van der Waals surface area contributed by atoms with Crippen molar-refractivity contribution in [2.45, 2.75) is 12.5 Å². The Hall–Kier alpha value is -0.210. The summed E-state index contributed by atoms with van der Waals surface area (Å²) >= 11 is 0. The van der Waals surface area contributed by atoms with Crippen LogP contribution in [-0.4, -0.2) is 61.5 Å². The summed E-state index contributed by atoms with van der Waals surface area (Å²) in [5.74, 6) is 0. The molecule has 1 saturated heterocycles. The Bertz CT molecular complexity index is 280. The average molecular weight is 223 g/mol. The Balaban J connectivity index is 2.68. The molecule has 1 heterocycles. The molecule has 6 nitrogen and oxygen atoms in total. The second-order valence-corrected chi connectivity index (χ2v) is 5.47. The van der Waals surface area contributed by atoms with Crippen LogP contribution in [-0.2, 0) is 10.2 Å². The summed E-state index contributed by atoms with van der Waals surface area (Å²) in [6.45, 7) is 1.17. The number of hydrogen-bond donors (Lipinski definition) is 2. The highest BCUT2D eigenvalue weighted by Crippen LogP contribution is 2.13. The molecular weight excluding hydrogens is 206 g/mol. The number of rotatable bonds is 3. The van der Waals surface area contributed by atoms with Gasteiger partial charge in [-0.15, -0.1) is 0 Å². The van der Waals surface area contributed by atoms with Gasteiger partial charge in [0.1, 0.15) is 0 Å². The molecule has 3 N–H and O–H groups in total. The van der Waals surface area contributed by atoms with Gasteiger partial charge in [-0.3, -0.25) is 0 Å². The second-order valence-electron chi connectivity index (χ2n) is 3.43. The van der Waals surface area contributed by atoms with E-state index in [0.29, 0.717) is 13.1 Å². The van der Waals surface area contributed by atoms with Crippen molar-refractivity contribution in [3.05, 3.63) is 0 Å². The lowest BCUT2D eigenvalue weighted by molar-refractivity contribution is 0.144. The first kappa shape index (κ1) is 11.9. The second kappa shape index (κ2) is 4.54. The van der Waals surface area contributed by atoms with E-state index >= 15 is 0 Å². The van der Waals surface area contributed by atoms with Gasteiger partial charge in [0.25, 0.3) is 10.2 Å². The monoisotopic (exact) mass is 223 g/mol. The maximum atomic E-state index is 11.7. The fourth-order valence-electron chi connectivity index (χ4n) is 1.39. The Labute approximate surface area is 84.5 Å². The van der Waals surface area contributed by atoms with Crippen molar-refractivity contribution in [1.82, 2.24) is 8.61 Å². The first-order valence-electron chi connectivity index (χ1n) is 4.58. The van der Waals surface area contributed by atoms with Crippen LogP contribution < -0.4 is 5.73 Å². The molecule has 1 rings (SSSR count). The van der Waals surface area contributed by atoms with E-state index in [4.69, 9.17) is 5.73 Å². The van der Waals surface area contributed by atoms with Crippen molar-refractivity contribution in [3.8, 4) is 0 Å². The summed E-state index contributed by atoms with van der Waals surface area (Å²) in [7, 11) is -1.82. The number of nitrogens with zero attached hydrogens (tertiary/aromatic N) is 2. The molecule has 1 aliphatic heterocycles. The summed E-state index contributed by atoms with van der Waals surface area (Å²) in [4.78, 5) is 0. The minimum atomic E-state index is -3.36. The number of nitrogens with two attached hydrogens (primary N) is 1. The normalized spacial score (nSPS) is 26.2. The fraction of sp³-hybridized carbons (Fsp3) is 1.00. The molecule has 0 radical (unpaired) electrons. The summed E-state index contributed by atoms with van der Waals surface area (Å²) in [5.41, 5.74) is 5.23. The van der Waals surface area contributed by atoms with Crippen LogP contribution in [0.25, 0.3) is 0 Å². The van der Waals surface area contributed by atoms with Crippen LogP contribution in [0, 0.1) is 0 Å². The van der Waals surface area contributed by atoms with E-state index in [1.165, 1.54) is 15.7 Å². The molecule has 1 aliphatic rings. The number of hydrogen-bond acceptors (Lipinski definition) is 4. The van der Waals surface area contributed by atoms with Crippen molar-refractivity contribution < 1.29 is 13.5 Å². The van der Waals surface area contributed by atoms with Gasteiger partial charge in [0.15, 0.2) is 0 Å². The Morgan fingerprint density at radius 3 is 2.71 bits per heavy atom. The molecule has 0 bridgehead atoms. The van der Waals surface area contributed by atoms with Gasteiger partial charge in [-0.2, -0.15) is 17.0 Å². The SMILES string of the molecule is CN1CCCN(C[C@H](O)CN)S1(=O)=O. The van der Waals surface area contributed by atoms with Crippen molar-refractivity contribution in [2.24, 2.45) is 5.73 Å². The molecule has 0 spiro atoms. The van der Waals surface area contributed by atoms with E-state index in [0.717, 1.165) is 6.42 Å². The summed E-state index contributed by atoms with van der Waals surface area (Å²) in [5, 5.41) is 9.28. The maximum absolute atomic E-state index is 11.7. The molecule has 14 heavy (non-hydrogen) atoms. The molecule has 0 amide bonds. The smallest absolute Gasteiger partial charge is 0.281 e. The zero-order chi connectivity index (χ0) is 10.8. The summed E-state index contributed by atoms with van der Waals surface area (Å²) < 4.78 is 25.9. The summed E-state index contributed by atoms with van der Waals surface area (Å²) in [6, 6.07) is 0. The van der Waals surface area contributed by atoms with Crippen molar-refractivity contribution in [2.75, 3.05) is 33.2 Å². The molecule has 1 fully saturated rings. The quantitative estimate of drug-likeness (QED) is 0.590. The van der Waals surface area contributed by atoms with Crippen LogP contribution in [0.2, 0.25) is 0 Å². The highest BCUT2D eigenvalue weighted by atomic mass is 32.2. The van der Waals surface area contributed by atoms with Crippen LogP contribution in [0.5, 0.6) is 0 Å². The van der Waals surface area contributed by atoms with E-state index in [1.807, 2.05) is 0 Å². The van der Waals surface area contributed by atoms with E-state index < -0.39 is 16.3 Å². The van der Waals surface area contributed by atoms with Gasteiger partial charge >= 0.3 is 0 Å². The lowest BCUT2D eigenvalue weighted by Crippen LogP contribution is -2.51. The molecule has 0 aromatic carbocycles. The van der Waals surface area contributed by atoms with Crippen LogP contribution in [0.4, 0.5) is 0 Å². The standard InChI is InChI=1S/C7H17N3O3S/c1-9-3-2-4-10(14(9,12)13)6-7(11)5-8/h7,11H,2-6,8H2,1H3/t7-/m1/s1. The Morgan fingerprint density at radius 1 is 1.50 bits per heavy atom. The minimum absolute atomic E-state index is 0.0791. The van der Waals surface area contributed by atoms with Crippen molar-refractivity contribution >= 4 is 10.2 Å². The van der Waals surface area contributed by atoms with E-state index in [-0.39, 0.29) is 13.1 Å². The zero-order valence-electron chi connectivity index (χ0n) is 8.26. The van der Waals surface area contributed by atoms with E-state index in [9.17, 15) is 13.5 Å². The lowest BCUT2D eigenvalue weighted by atomic mass is 10.3. The first-order chi connectivity index (χ1) is 6.48. The molecule has 0 unspecified atom stereocenters. The predicted octanol–water partition coefficient (Wildman–Crippen LogP) is -1.81. The average Bonchev–Trinajstić information content (AvgIpc) is 2.13. The molecular formula is C7H17N3O3S. The minimum Gasteiger partial charge on any atom is -0.390 e. The van der Waals surface area contributed by atoms with Gasteiger partial charge in [-0.05, 0) is 6.42 Å². The van der Waals surface area contributed by atoms with Gasteiger partial charge < -0.3 is 10.8 Å². The van der Waals surface area contributed by atoms with Crippen molar-refractivity contribution in [3.63, 3.8) is 0 Å². The van der Waals surface area contributed by atoms with Crippen LogP contribution in [0.1, 0.15) is 6.42 Å². The Morgan fingerprint density at radius 2 is 2.14 bits per heavy atom. The largest absolute Gasteiger partial charge is 0.390 e. The molecule has 0 saturated carbocycles. The van der Waals surface area contributed by atoms with Gasteiger partial charge in [-0.1, -0.05) is 0 Å². The molecule has 0 aromatic rings. The number of aliphatic hydroxyl groups excluding tert-OH is 1. The highest BCUT2D eigenvalue weighted by molar-refractivity contribution is 7.86. The van der Waals surface area contributed by atoms with Gasteiger partial charge in [-0.25, -0.2) is 0 Å². The molecule has 7 heteroatoms. The molecule has 0 aromatic heterocycles.